The first-order chi connectivity index (χ1) is 10.1. The molecule has 0 aliphatic carbocycles. The van der Waals surface area contributed by atoms with Crippen molar-refractivity contribution in [2.24, 2.45) is 0 Å². The summed E-state index contributed by atoms with van der Waals surface area (Å²) in [5, 5.41) is 10.4. The minimum absolute atomic E-state index is 0.0906. The van der Waals surface area contributed by atoms with E-state index in [2.05, 4.69) is 15.0 Å². The molecule has 21 heavy (non-hydrogen) atoms. The van der Waals surface area contributed by atoms with Gasteiger partial charge >= 0.3 is 5.97 Å². The Kier molecular flexibility index (Phi) is 3.48. The molecule has 3 rings (SSSR count). The van der Waals surface area contributed by atoms with Crippen LogP contribution in [0, 0.1) is 0 Å². The highest BCUT2D eigenvalue weighted by Gasteiger charge is 2.21. The maximum Gasteiger partial charge on any atom is 0.348 e. The van der Waals surface area contributed by atoms with E-state index in [1.807, 2.05) is 18.4 Å². The van der Waals surface area contributed by atoms with E-state index in [4.69, 9.17) is 5.73 Å². The van der Waals surface area contributed by atoms with E-state index in [1.54, 1.807) is 12.4 Å². The number of fused-ring (bicyclic) bond motifs is 1. The maximum atomic E-state index is 11.3. The van der Waals surface area contributed by atoms with Crippen LogP contribution in [-0.4, -0.2) is 32.3 Å². The Bertz CT molecular complexity index is 833. The van der Waals surface area contributed by atoms with Gasteiger partial charge in [0.05, 0.1) is 16.8 Å². The zero-order valence-corrected chi connectivity index (χ0v) is 12.5. The summed E-state index contributed by atoms with van der Waals surface area (Å²) in [5.41, 5.74) is 7.67. The molecule has 0 amide bonds. The number of aromatic carboxylic acids is 1. The van der Waals surface area contributed by atoms with Crippen molar-refractivity contribution in [2.45, 2.75) is 5.16 Å². The van der Waals surface area contributed by atoms with E-state index in [1.165, 1.54) is 11.8 Å². The fourth-order valence-corrected chi connectivity index (χ4v) is 3.33. The van der Waals surface area contributed by atoms with Crippen molar-refractivity contribution in [2.75, 3.05) is 12.0 Å². The van der Waals surface area contributed by atoms with Gasteiger partial charge in [-0.1, -0.05) is 11.8 Å². The molecule has 0 unspecified atom stereocenters. The molecule has 3 heterocycles. The van der Waals surface area contributed by atoms with Crippen molar-refractivity contribution in [3.63, 3.8) is 0 Å². The molecule has 0 saturated heterocycles. The van der Waals surface area contributed by atoms with Crippen LogP contribution in [0.1, 0.15) is 9.67 Å². The van der Waals surface area contributed by atoms with Gasteiger partial charge in [0.1, 0.15) is 9.71 Å². The Morgan fingerprint density at radius 3 is 2.67 bits per heavy atom. The molecule has 0 fully saturated rings. The third-order valence-corrected chi connectivity index (χ3v) is 4.53. The maximum absolute atomic E-state index is 11.3. The van der Waals surface area contributed by atoms with Crippen molar-refractivity contribution in [3.05, 3.63) is 29.4 Å². The van der Waals surface area contributed by atoms with Gasteiger partial charge in [0.15, 0.2) is 5.16 Å². The molecule has 0 bridgehead atoms. The first-order valence-electron chi connectivity index (χ1n) is 5.89. The first-order valence-corrected chi connectivity index (χ1v) is 7.93. The number of thioether (sulfide) groups is 1. The average molecular weight is 318 g/mol. The molecule has 0 aliphatic heterocycles. The van der Waals surface area contributed by atoms with Gasteiger partial charge in [0.25, 0.3) is 0 Å². The summed E-state index contributed by atoms with van der Waals surface area (Å²) in [4.78, 5) is 24.7. The lowest BCUT2D eigenvalue weighted by atomic mass is 10.1. The van der Waals surface area contributed by atoms with E-state index in [0.717, 1.165) is 16.9 Å². The average Bonchev–Trinajstić information content (AvgIpc) is 2.84. The van der Waals surface area contributed by atoms with Gasteiger partial charge in [-0.15, -0.1) is 11.3 Å². The summed E-state index contributed by atoms with van der Waals surface area (Å²) in [6.07, 6.45) is 5.18. The largest absolute Gasteiger partial charge is 0.477 e. The second kappa shape index (κ2) is 5.30. The number of carboxylic acid groups (broad SMARTS) is 1. The quantitative estimate of drug-likeness (QED) is 0.565. The van der Waals surface area contributed by atoms with E-state index in [9.17, 15) is 9.90 Å². The number of carbonyl (C=O) groups is 1. The predicted molar refractivity (Wildman–Crippen MR) is 83.8 cm³/mol. The lowest BCUT2D eigenvalue weighted by Crippen LogP contribution is -1.98. The van der Waals surface area contributed by atoms with E-state index >= 15 is 0 Å². The Morgan fingerprint density at radius 2 is 2.05 bits per heavy atom. The molecule has 0 saturated carbocycles. The van der Waals surface area contributed by atoms with Crippen molar-refractivity contribution in [1.29, 1.82) is 0 Å². The van der Waals surface area contributed by atoms with Crippen LogP contribution in [0.5, 0.6) is 0 Å². The number of nitrogen functional groups attached to an aromatic ring is 1. The van der Waals surface area contributed by atoms with Gasteiger partial charge < -0.3 is 10.8 Å². The standard InChI is InChI=1S/C13H10N4O2S2/c1-20-13-16-9(6-2-4-15-5-3-6)7-8(14)10(12(18)19)21-11(7)17-13/h2-5H,14H2,1H3,(H,18,19). The molecule has 106 valence electrons. The van der Waals surface area contributed by atoms with Crippen LogP contribution >= 0.6 is 23.1 Å². The number of nitrogens with two attached hydrogens (primary N) is 1. The lowest BCUT2D eigenvalue weighted by Gasteiger charge is -2.05. The van der Waals surface area contributed by atoms with Crippen molar-refractivity contribution < 1.29 is 9.90 Å². The SMILES string of the molecule is CSc1nc(-c2ccncc2)c2c(N)c(C(=O)O)sc2n1. The molecule has 6 nitrogen and oxygen atoms in total. The van der Waals surface area contributed by atoms with Crippen LogP contribution in [0.4, 0.5) is 5.69 Å². The summed E-state index contributed by atoms with van der Waals surface area (Å²) in [5.74, 6) is -1.05. The Labute approximate surface area is 128 Å². The number of anilines is 1. The summed E-state index contributed by atoms with van der Waals surface area (Å²) in [7, 11) is 0. The lowest BCUT2D eigenvalue weighted by molar-refractivity contribution is 0.0703. The van der Waals surface area contributed by atoms with Crippen molar-refractivity contribution >= 4 is 45.0 Å². The number of pyridine rings is 1. The fraction of sp³-hybridized carbons (Fsp3) is 0.0769. The van der Waals surface area contributed by atoms with Crippen molar-refractivity contribution in [1.82, 2.24) is 15.0 Å². The first kappa shape index (κ1) is 13.8. The van der Waals surface area contributed by atoms with Gasteiger partial charge in [0.2, 0.25) is 0 Å². The second-order valence-electron chi connectivity index (χ2n) is 4.12. The zero-order chi connectivity index (χ0) is 15.0. The monoisotopic (exact) mass is 318 g/mol. The molecular weight excluding hydrogens is 308 g/mol. The Morgan fingerprint density at radius 1 is 1.33 bits per heavy atom. The Balaban J connectivity index is 2.39. The van der Waals surface area contributed by atoms with Crippen LogP contribution in [-0.2, 0) is 0 Å². The summed E-state index contributed by atoms with van der Waals surface area (Å²) in [6.45, 7) is 0. The number of aromatic nitrogens is 3. The number of carboxylic acids is 1. The summed E-state index contributed by atoms with van der Waals surface area (Å²) in [6, 6.07) is 3.62. The predicted octanol–water partition coefficient (Wildman–Crippen LogP) is 2.76. The third kappa shape index (κ3) is 2.32. The molecular formula is C13H10N4O2S2. The van der Waals surface area contributed by atoms with Gasteiger partial charge in [-0.25, -0.2) is 14.8 Å². The summed E-state index contributed by atoms with van der Waals surface area (Å²) < 4.78 is 0. The minimum atomic E-state index is -1.05. The second-order valence-corrected chi connectivity index (χ2v) is 5.90. The molecule has 8 heteroatoms. The number of hydrogen-bond donors (Lipinski definition) is 2. The molecule has 3 aromatic heterocycles. The third-order valence-electron chi connectivity index (χ3n) is 2.90. The number of rotatable bonds is 3. The normalized spacial score (nSPS) is 10.9. The highest BCUT2D eigenvalue weighted by Crippen LogP contribution is 2.39. The Hall–Kier alpha value is -2.19. The van der Waals surface area contributed by atoms with Crippen LogP contribution < -0.4 is 5.73 Å². The van der Waals surface area contributed by atoms with Crippen LogP contribution in [0.15, 0.2) is 29.7 Å². The van der Waals surface area contributed by atoms with E-state index in [-0.39, 0.29) is 10.6 Å². The minimum Gasteiger partial charge on any atom is -0.477 e. The van der Waals surface area contributed by atoms with Crippen LogP contribution in [0.3, 0.4) is 0 Å². The molecule has 3 aromatic rings. The molecule has 0 aromatic carbocycles. The highest BCUT2D eigenvalue weighted by atomic mass is 32.2. The summed E-state index contributed by atoms with van der Waals surface area (Å²) >= 11 is 2.46. The van der Waals surface area contributed by atoms with E-state index in [0.29, 0.717) is 21.1 Å². The molecule has 0 spiro atoms. The fourth-order valence-electron chi connectivity index (χ4n) is 1.97. The number of thiophene rings is 1. The van der Waals surface area contributed by atoms with E-state index < -0.39 is 5.97 Å². The molecule has 3 N–H and O–H groups in total. The number of hydrogen-bond acceptors (Lipinski definition) is 7. The van der Waals surface area contributed by atoms with Gasteiger partial charge in [0, 0.05) is 18.0 Å². The number of nitrogens with zero attached hydrogens (tertiary/aromatic N) is 3. The van der Waals surface area contributed by atoms with Gasteiger partial charge in [-0.3, -0.25) is 4.98 Å². The molecule has 0 radical (unpaired) electrons. The van der Waals surface area contributed by atoms with Crippen LogP contribution in [0.2, 0.25) is 0 Å². The smallest absolute Gasteiger partial charge is 0.348 e. The topological polar surface area (TPSA) is 102 Å². The van der Waals surface area contributed by atoms with Gasteiger partial charge in [-0.05, 0) is 18.4 Å². The van der Waals surface area contributed by atoms with Crippen LogP contribution in [0.25, 0.3) is 21.5 Å². The molecule has 0 atom stereocenters. The van der Waals surface area contributed by atoms with Crippen molar-refractivity contribution in [3.8, 4) is 11.3 Å². The highest BCUT2D eigenvalue weighted by molar-refractivity contribution is 7.98. The molecule has 0 aliphatic rings. The zero-order valence-electron chi connectivity index (χ0n) is 10.9. The van der Waals surface area contributed by atoms with Gasteiger partial charge in [-0.2, -0.15) is 0 Å².